The van der Waals surface area contributed by atoms with Crippen molar-refractivity contribution in [3.05, 3.63) is 89.0 Å². The first-order valence-electron chi connectivity index (χ1n) is 15.0. The summed E-state index contributed by atoms with van der Waals surface area (Å²) in [4.78, 5) is 37.3. The molecule has 44 heavy (non-hydrogen) atoms. The van der Waals surface area contributed by atoms with Gasteiger partial charge in [-0.1, -0.05) is 19.9 Å². The molecule has 1 unspecified atom stereocenters. The summed E-state index contributed by atoms with van der Waals surface area (Å²) in [6, 6.07) is 10.7. The second-order valence-electron chi connectivity index (χ2n) is 12.4. The molecule has 5 heterocycles. The number of nitrogens with one attached hydrogen (secondary N) is 1. The number of aryl methyl sites for hydroxylation is 1. The van der Waals surface area contributed by atoms with E-state index in [2.05, 4.69) is 46.9 Å². The third kappa shape index (κ3) is 5.21. The Morgan fingerprint density at radius 1 is 0.977 bits per heavy atom. The summed E-state index contributed by atoms with van der Waals surface area (Å²) in [6.45, 7) is 8.66. The maximum atomic E-state index is 14.5. The van der Waals surface area contributed by atoms with Gasteiger partial charge in [-0.3, -0.25) is 9.47 Å². The van der Waals surface area contributed by atoms with Crippen molar-refractivity contribution in [2.45, 2.75) is 39.2 Å². The van der Waals surface area contributed by atoms with Crippen LogP contribution < -0.4 is 15.3 Å². The van der Waals surface area contributed by atoms with Gasteiger partial charge in [-0.05, 0) is 61.2 Å². The Kier molecular flexibility index (Phi) is 7.12. The van der Waals surface area contributed by atoms with E-state index >= 15 is 0 Å². The molecule has 2 aliphatic rings. The van der Waals surface area contributed by atoms with Gasteiger partial charge >= 0.3 is 5.69 Å². The Morgan fingerprint density at radius 3 is 2.66 bits per heavy atom. The van der Waals surface area contributed by atoms with Crippen LogP contribution in [0.5, 0.6) is 11.5 Å². The van der Waals surface area contributed by atoms with Crippen LogP contribution in [0.4, 0.5) is 10.2 Å². The number of aromatic amines is 1. The van der Waals surface area contributed by atoms with Gasteiger partial charge in [0.15, 0.2) is 11.6 Å². The molecule has 0 radical (unpaired) electrons. The lowest BCUT2D eigenvalue weighted by molar-refractivity contribution is 0.270. The number of benzene rings is 2. The number of H-pyrrole nitrogens is 1. The quantitative estimate of drug-likeness (QED) is 0.272. The molecule has 5 aromatic rings. The second kappa shape index (κ2) is 11.1. The number of imidazole rings is 1. The maximum Gasteiger partial charge on any atom is 0.326 e. The van der Waals surface area contributed by atoms with Gasteiger partial charge in [-0.2, -0.15) is 0 Å². The van der Waals surface area contributed by atoms with Crippen molar-refractivity contribution >= 4 is 16.9 Å². The zero-order valence-corrected chi connectivity index (χ0v) is 25.1. The summed E-state index contributed by atoms with van der Waals surface area (Å²) in [5.74, 6) is 1.52. The predicted molar refractivity (Wildman–Crippen MR) is 166 cm³/mol. The number of rotatable bonds is 7. The summed E-state index contributed by atoms with van der Waals surface area (Å²) in [5, 5.41) is 0. The fraction of sp³-hybridized carbons (Fsp3) is 0.364. The van der Waals surface area contributed by atoms with Crippen molar-refractivity contribution in [1.29, 1.82) is 0 Å². The number of ether oxygens (including phenoxy) is 1. The van der Waals surface area contributed by atoms with Crippen LogP contribution in [0.1, 0.15) is 43.9 Å². The molecule has 2 saturated heterocycles. The van der Waals surface area contributed by atoms with Crippen molar-refractivity contribution in [3.63, 3.8) is 0 Å². The lowest BCUT2D eigenvalue weighted by atomic mass is 9.86. The first-order chi connectivity index (χ1) is 21.3. The van der Waals surface area contributed by atoms with Gasteiger partial charge in [0.2, 0.25) is 0 Å². The van der Waals surface area contributed by atoms with Crippen LogP contribution in [0, 0.1) is 11.2 Å². The van der Waals surface area contributed by atoms with Gasteiger partial charge in [-0.25, -0.2) is 29.1 Å². The van der Waals surface area contributed by atoms with Crippen molar-refractivity contribution < 1.29 is 9.13 Å². The van der Waals surface area contributed by atoms with E-state index in [1.54, 1.807) is 36.4 Å². The normalized spacial score (nSPS) is 18.7. The Balaban J connectivity index is 1.09. The van der Waals surface area contributed by atoms with E-state index in [9.17, 15) is 9.18 Å². The molecular formula is C33H35FN8O2. The molecule has 3 aromatic heterocycles. The Labute approximate surface area is 254 Å². The molecular weight excluding hydrogens is 559 g/mol. The first-order valence-corrected chi connectivity index (χ1v) is 15.0. The lowest BCUT2D eigenvalue weighted by Crippen LogP contribution is -2.31. The molecule has 1 N–H and O–H groups in total. The Hall–Kier alpha value is -4.64. The highest BCUT2D eigenvalue weighted by Crippen LogP contribution is 2.44. The minimum absolute atomic E-state index is 0.0959. The number of anilines is 1. The highest BCUT2D eigenvalue weighted by atomic mass is 19.1. The average Bonchev–Trinajstić information content (AvgIpc) is 3.71. The summed E-state index contributed by atoms with van der Waals surface area (Å²) in [6.07, 6.45) is 8.60. The molecule has 10 nitrogen and oxygen atoms in total. The topological polar surface area (TPSA) is 105 Å². The van der Waals surface area contributed by atoms with E-state index < -0.39 is 0 Å². The number of likely N-dealkylation sites (tertiary alicyclic amines) is 1. The Bertz CT molecular complexity index is 1900. The number of nitrogens with zero attached hydrogens (tertiary/aromatic N) is 7. The standard InChI is InChI=1S/C33H35FN8O2/c1-21(2)30-25(14-35-19-37-30)24-13-23(34)5-7-28(24)44-29-15-36-20-38-31(29)42-11-9-33(18-42)8-10-41(17-33)16-22-4-6-27-26(12-22)39-32(43)40(27)3/h4-7,12-15,19-21H,8-11,16-18H2,1-3H3,(H,39,43). The van der Waals surface area contributed by atoms with Crippen LogP contribution in [0.2, 0.25) is 0 Å². The molecule has 0 saturated carbocycles. The minimum atomic E-state index is -0.361. The minimum Gasteiger partial charge on any atom is -0.451 e. The maximum absolute atomic E-state index is 14.5. The molecule has 11 heteroatoms. The smallest absolute Gasteiger partial charge is 0.326 e. The van der Waals surface area contributed by atoms with Crippen LogP contribution in [0.15, 0.2) is 66.2 Å². The van der Waals surface area contributed by atoms with Crippen LogP contribution in [-0.4, -0.2) is 60.6 Å². The van der Waals surface area contributed by atoms with E-state index in [4.69, 9.17) is 4.74 Å². The predicted octanol–water partition coefficient (Wildman–Crippen LogP) is 5.27. The number of fused-ring (bicyclic) bond motifs is 1. The molecule has 1 spiro atoms. The fourth-order valence-corrected chi connectivity index (χ4v) is 6.80. The van der Waals surface area contributed by atoms with E-state index in [1.165, 1.54) is 24.0 Å². The number of aromatic nitrogens is 6. The molecule has 0 bridgehead atoms. The monoisotopic (exact) mass is 594 g/mol. The molecule has 1 atom stereocenters. The van der Waals surface area contributed by atoms with Crippen molar-refractivity contribution in [3.8, 4) is 22.6 Å². The molecule has 2 aromatic carbocycles. The first kappa shape index (κ1) is 28.1. The number of halogens is 1. The SMILES string of the molecule is CC(C)c1ncncc1-c1cc(F)ccc1Oc1cncnc1N1CCC2(CCN(Cc3ccc4c(c3)[nH]c(=O)n4C)C2)C1. The van der Waals surface area contributed by atoms with Gasteiger partial charge < -0.3 is 14.6 Å². The molecule has 0 amide bonds. The molecule has 226 valence electrons. The van der Waals surface area contributed by atoms with Crippen molar-refractivity contribution in [1.82, 2.24) is 34.4 Å². The van der Waals surface area contributed by atoms with Crippen LogP contribution >= 0.6 is 0 Å². The van der Waals surface area contributed by atoms with E-state index in [-0.39, 0.29) is 22.8 Å². The van der Waals surface area contributed by atoms with Crippen molar-refractivity contribution in [2.75, 3.05) is 31.1 Å². The summed E-state index contributed by atoms with van der Waals surface area (Å²) >= 11 is 0. The van der Waals surface area contributed by atoms with Crippen molar-refractivity contribution in [2.24, 2.45) is 12.5 Å². The third-order valence-electron chi connectivity index (χ3n) is 9.03. The summed E-state index contributed by atoms with van der Waals surface area (Å²) < 4.78 is 22.6. The number of hydrogen-bond donors (Lipinski definition) is 1. The molecule has 7 rings (SSSR count). The summed E-state index contributed by atoms with van der Waals surface area (Å²) in [5.41, 5.74) is 5.18. The molecule has 0 aliphatic carbocycles. The van der Waals surface area contributed by atoms with Gasteiger partial charge in [0.05, 0.1) is 22.9 Å². The van der Waals surface area contributed by atoms with Gasteiger partial charge in [-0.15, -0.1) is 0 Å². The summed E-state index contributed by atoms with van der Waals surface area (Å²) in [7, 11) is 1.78. The van der Waals surface area contributed by atoms with Crippen LogP contribution in [0.25, 0.3) is 22.2 Å². The lowest BCUT2D eigenvalue weighted by Gasteiger charge is -2.26. The zero-order valence-electron chi connectivity index (χ0n) is 25.1. The molecule has 2 fully saturated rings. The zero-order chi connectivity index (χ0) is 30.4. The largest absolute Gasteiger partial charge is 0.451 e. The van der Waals surface area contributed by atoms with Gasteiger partial charge in [0, 0.05) is 56.0 Å². The highest BCUT2D eigenvalue weighted by molar-refractivity contribution is 5.76. The van der Waals surface area contributed by atoms with Gasteiger partial charge in [0.25, 0.3) is 0 Å². The Morgan fingerprint density at radius 2 is 1.80 bits per heavy atom. The average molecular weight is 595 g/mol. The van der Waals surface area contributed by atoms with Gasteiger partial charge in [0.1, 0.15) is 24.2 Å². The highest BCUT2D eigenvalue weighted by Gasteiger charge is 2.44. The second-order valence-corrected chi connectivity index (χ2v) is 12.4. The van der Waals surface area contributed by atoms with E-state index in [0.29, 0.717) is 17.1 Å². The van der Waals surface area contributed by atoms with Crippen LogP contribution in [0.3, 0.4) is 0 Å². The van der Waals surface area contributed by atoms with E-state index in [1.807, 2.05) is 19.9 Å². The molecule has 2 aliphatic heterocycles. The van der Waals surface area contributed by atoms with Crippen LogP contribution in [-0.2, 0) is 13.6 Å². The third-order valence-corrected chi connectivity index (χ3v) is 9.03. The van der Waals surface area contributed by atoms with E-state index in [0.717, 1.165) is 73.7 Å². The number of hydrogen-bond acceptors (Lipinski definition) is 8. The fourth-order valence-electron chi connectivity index (χ4n) is 6.80.